The maximum atomic E-state index is 12.8. The monoisotopic (exact) mass is 355 g/mol. The predicted molar refractivity (Wildman–Crippen MR) is 101 cm³/mol. The first kappa shape index (κ1) is 18.1. The van der Waals surface area contributed by atoms with E-state index in [0.717, 1.165) is 38.3 Å². The molecule has 0 aromatic heterocycles. The number of para-hydroxylation sites is 1. The van der Waals surface area contributed by atoms with Gasteiger partial charge >= 0.3 is 0 Å². The number of hydrogen-bond acceptors (Lipinski definition) is 3. The van der Waals surface area contributed by atoms with Gasteiger partial charge < -0.3 is 9.80 Å². The lowest BCUT2D eigenvalue weighted by Crippen LogP contribution is -3.15. The third-order valence-electron chi connectivity index (χ3n) is 4.57. The molecule has 6 heteroatoms. The number of nitrogens with one attached hydrogen (secondary N) is 2. The highest BCUT2D eigenvalue weighted by Gasteiger charge is 2.20. The highest BCUT2D eigenvalue weighted by molar-refractivity contribution is 5.82. The van der Waals surface area contributed by atoms with Crippen molar-refractivity contribution in [2.75, 3.05) is 37.6 Å². The smallest absolute Gasteiger partial charge is 0.245 e. The summed E-state index contributed by atoms with van der Waals surface area (Å²) in [5, 5.41) is 3.92. The van der Waals surface area contributed by atoms with Gasteiger partial charge in [-0.15, -0.1) is 0 Å². The van der Waals surface area contributed by atoms with Crippen LogP contribution in [0.1, 0.15) is 12.0 Å². The van der Waals surface area contributed by atoms with Gasteiger partial charge in [0.05, 0.1) is 45.4 Å². The van der Waals surface area contributed by atoms with Gasteiger partial charge in [-0.3, -0.25) is 4.79 Å². The fraction of sp³-hybridized carbons (Fsp3) is 0.300. The van der Waals surface area contributed by atoms with Crippen LogP contribution in [0.4, 0.5) is 10.1 Å². The summed E-state index contributed by atoms with van der Waals surface area (Å²) in [7, 11) is 0. The van der Waals surface area contributed by atoms with Crippen molar-refractivity contribution < 1.29 is 14.1 Å². The van der Waals surface area contributed by atoms with Crippen molar-refractivity contribution in [3.05, 3.63) is 66.0 Å². The van der Waals surface area contributed by atoms with Crippen LogP contribution >= 0.6 is 0 Å². The molecule has 3 rings (SSSR count). The van der Waals surface area contributed by atoms with Gasteiger partial charge in [0.2, 0.25) is 5.91 Å². The number of benzene rings is 2. The Labute approximate surface area is 153 Å². The largest absolute Gasteiger partial charge is 0.360 e. The average Bonchev–Trinajstić information content (AvgIpc) is 2.69. The van der Waals surface area contributed by atoms with E-state index >= 15 is 0 Å². The molecule has 0 radical (unpaired) electrons. The molecule has 0 aliphatic carbocycles. The highest BCUT2D eigenvalue weighted by Crippen LogP contribution is 2.12. The predicted octanol–water partition coefficient (Wildman–Crippen LogP) is 1.07. The number of rotatable bonds is 6. The lowest BCUT2D eigenvalue weighted by molar-refractivity contribution is -0.900. The van der Waals surface area contributed by atoms with Gasteiger partial charge in [-0.2, -0.15) is 5.10 Å². The number of piperazine rings is 1. The maximum Gasteiger partial charge on any atom is 0.245 e. The minimum atomic E-state index is -0.290. The Hall–Kier alpha value is -2.73. The molecule has 1 heterocycles. The number of amides is 1. The van der Waals surface area contributed by atoms with E-state index in [0.29, 0.717) is 6.42 Å². The van der Waals surface area contributed by atoms with Crippen LogP contribution in [0.3, 0.4) is 0 Å². The standard InChI is InChI=1S/C20H23FN4O/c21-18-8-6-17(7-9-18)16-22-23-20(26)10-11-24-12-14-25(15-13-24)19-4-2-1-3-5-19/h1-9,16H,10-15H2,(H,23,26)/p+1. The van der Waals surface area contributed by atoms with Crippen molar-refractivity contribution in [3.63, 3.8) is 0 Å². The van der Waals surface area contributed by atoms with E-state index in [4.69, 9.17) is 0 Å². The van der Waals surface area contributed by atoms with Crippen molar-refractivity contribution in [3.8, 4) is 0 Å². The molecule has 1 aliphatic heterocycles. The quantitative estimate of drug-likeness (QED) is 0.602. The Bertz CT molecular complexity index is 725. The van der Waals surface area contributed by atoms with E-state index in [1.54, 1.807) is 12.1 Å². The number of carbonyl (C=O) groups is 1. The third kappa shape index (κ3) is 5.39. The number of quaternary nitrogens is 1. The SMILES string of the molecule is O=C(CC[NH+]1CCN(c2ccccc2)CC1)NN=Cc1ccc(F)cc1. The summed E-state index contributed by atoms with van der Waals surface area (Å²) < 4.78 is 12.8. The molecular formula is C20H24FN4O+. The third-order valence-corrected chi connectivity index (χ3v) is 4.57. The zero-order chi connectivity index (χ0) is 18.2. The van der Waals surface area contributed by atoms with Crippen LogP contribution in [0.5, 0.6) is 0 Å². The molecule has 2 aromatic carbocycles. The molecule has 26 heavy (non-hydrogen) atoms. The van der Waals surface area contributed by atoms with Crippen LogP contribution in [0.2, 0.25) is 0 Å². The van der Waals surface area contributed by atoms with Crippen LogP contribution in [-0.4, -0.2) is 44.8 Å². The molecule has 0 bridgehead atoms. The summed E-state index contributed by atoms with van der Waals surface area (Å²) in [6.07, 6.45) is 1.96. The normalized spacial score (nSPS) is 15.3. The van der Waals surface area contributed by atoms with Crippen LogP contribution in [0.15, 0.2) is 59.7 Å². The van der Waals surface area contributed by atoms with Gasteiger partial charge in [0.25, 0.3) is 0 Å². The van der Waals surface area contributed by atoms with Crippen molar-refractivity contribution >= 4 is 17.8 Å². The Balaban J connectivity index is 1.35. The summed E-state index contributed by atoms with van der Waals surface area (Å²) in [6.45, 7) is 4.87. The fourth-order valence-corrected chi connectivity index (χ4v) is 3.04. The second-order valence-electron chi connectivity index (χ2n) is 6.42. The van der Waals surface area contributed by atoms with E-state index in [2.05, 4.69) is 39.7 Å². The topological polar surface area (TPSA) is 49.1 Å². The maximum absolute atomic E-state index is 12.8. The number of anilines is 1. The number of carbonyl (C=O) groups excluding carboxylic acids is 1. The van der Waals surface area contributed by atoms with E-state index in [1.165, 1.54) is 28.9 Å². The second kappa shape index (κ2) is 9.10. The molecule has 1 amide bonds. The van der Waals surface area contributed by atoms with Crippen molar-refractivity contribution in [1.82, 2.24) is 5.43 Å². The molecule has 1 saturated heterocycles. The molecular weight excluding hydrogens is 331 g/mol. The fourth-order valence-electron chi connectivity index (χ4n) is 3.04. The molecule has 1 fully saturated rings. The Morgan fingerprint density at radius 3 is 2.50 bits per heavy atom. The summed E-state index contributed by atoms with van der Waals surface area (Å²) in [5.74, 6) is -0.386. The van der Waals surface area contributed by atoms with Crippen LogP contribution < -0.4 is 15.2 Å². The molecule has 136 valence electrons. The van der Waals surface area contributed by atoms with E-state index in [9.17, 15) is 9.18 Å². The first-order valence-corrected chi connectivity index (χ1v) is 8.92. The Kier molecular flexibility index (Phi) is 6.33. The summed E-state index contributed by atoms with van der Waals surface area (Å²) >= 11 is 0. The molecule has 0 saturated carbocycles. The van der Waals surface area contributed by atoms with Crippen molar-refractivity contribution in [2.45, 2.75) is 6.42 Å². The number of hydrogen-bond donors (Lipinski definition) is 2. The lowest BCUT2D eigenvalue weighted by atomic mass is 10.2. The molecule has 0 unspecified atom stereocenters. The first-order chi connectivity index (χ1) is 12.7. The van der Waals surface area contributed by atoms with Gasteiger partial charge in [-0.1, -0.05) is 30.3 Å². The van der Waals surface area contributed by atoms with E-state index < -0.39 is 0 Å². The van der Waals surface area contributed by atoms with Crippen LogP contribution in [0, 0.1) is 5.82 Å². The van der Waals surface area contributed by atoms with Gasteiger partial charge in [0, 0.05) is 5.69 Å². The van der Waals surface area contributed by atoms with Crippen LogP contribution in [0.25, 0.3) is 0 Å². The summed E-state index contributed by atoms with van der Waals surface area (Å²) in [4.78, 5) is 15.7. The minimum absolute atomic E-state index is 0.0960. The summed E-state index contributed by atoms with van der Waals surface area (Å²) in [6, 6.07) is 16.4. The highest BCUT2D eigenvalue weighted by atomic mass is 19.1. The van der Waals surface area contributed by atoms with Gasteiger partial charge in [-0.05, 0) is 29.8 Å². The molecule has 1 aliphatic rings. The molecule has 5 nitrogen and oxygen atoms in total. The molecule has 2 aromatic rings. The Morgan fingerprint density at radius 2 is 1.81 bits per heavy atom. The molecule has 2 N–H and O–H groups in total. The number of hydrazone groups is 1. The summed E-state index contributed by atoms with van der Waals surface area (Å²) in [5.41, 5.74) is 4.54. The number of halogens is 1. The zero-order valence-corrected chi connectivity index (χ0v) is 14.7. The Morgan fingerprint density at radius 1 is 1.12 bits per heavy atom. The second-order valence-corrected chi connectivity index (χ2v) is 6.42. The van der Waals surface area contributed by atoms with E-state index in [1.807, 2.05) is 6.07 Å². The van der Waals surface area contributed by atoms with Gasteiger partial charge in [0.15, 0.2) is 0 Å². The zero-order valence-electron chi connectivity index (χ0n) is 14.7. The minimum Gasteiger partial charge on any atom is -0.360 e. The van der Waals surface area contributed by atoms with Gasteiger partial charge in [0.1, 0.15) is 5.82 Å². The first-order valence-electron chi connectivity index (χ1n) is 8.92. The molecule has 0 atom stereocenters. The average molecular weight is 355 g/mol. The number of nitrogens with zero attached hydrogens (tertiary/aromatic N) is 2. The van der Waals surface area contributed by atoms with Crippen LogP contribution in [-0.2, 0) is 4.79 Å². The molecule has 0 spiro atoms. The van der Waals surface area contributed by atoms with Gasteiger partial charge in [-0.25, -0.2) is 9.82 Å². The van der Waals surface area contributed by atoms with Crippen molar-refractivity contribution in [1.29, 1.82) is 0 Å². The van der Waals surface area contributed by atoms with Crippen molar-refractivity contribution in [2.24, 2.45) is 5.10 Å². The lowest BCUT2D eigenvalue weighted by Gasteiger charge is -2.33. The van der Waals surface area contributed by atoms with E-state index in [-0.39, 0.29) is 11.7 Å².